The van der Waals surface area contributed by atoms with Gasteiger partial charge in [0.05, 0.1) is 0 Å². The second-order valence-corrected chi connectivity index (χ2v) is 2.61. The number of hydrogen-bond donors (Lipinski definition) is 0. The summed E-state index contributed by atoms with van der Waals surface area (Å²) in [5, 5.41) is 0. The molecular weight excluding hydrogens is 199 g/mol. The summed E-state index contributed by atoms with van der Waals surface area (Å²) in [6.45, 7) is 2.12. The van der Waals surface area contributed by atoms with Crippen molar-refractivity contribution in [3.05, 3.63) is 0 Å². The van der Waals surface area contributed by atoms with E-state index in [1.807, 2.05) is 0 Å². The molecule has 0 aromatic rings. The van der Waals surface area contributed by atoms with Crippen LogP contribution < -0.4 is 0 Å². The molecule has 0 amide bonds. The maximum Gasteiger partial charge on any atom is 3.00 e. The third-order valence-electron chi connectivity index (χ3n) is 1.57. The fraction of sp³-hybridized carbons (Fsp3) is 0.875. The van der Waals surface area contributed by atoms with Crippen LogP contribution >= 0.6 is 0 Å². The standard InChI is InChI=1S/C8H15FO2.Cr/c1-2-3-4-5-6-7-8(10)11-9;/h2-7H2,1H3;/q;+3. The van der Waals surface area contributed by atoms with E-state index in [1.54, 1.807) is 0 Å². The summed E-state index contributed by atoms with van der Waals surface area (Å²) in [6, 6.07) is 0. The predicted octanol–water partition coefficient (Wildman–Crippen LogP) is 2.77. The van der Waals surface area contributed by atoms with Crippen molar-refractivity contribution in [2.45, 2.75) is 45.4 Å². The van der Waals surface area contributed by atoms with Crippen LogP contribution in [0.25, 0.3) is 0 Å². The van der Waals surface area contributed by atoms with E-state index in [4.69, 9.17) is 0 Å². The zero-order valence-corrected chi connectivity index (χ0v) is 8.62. The van der Waals surface area contributed by atoms with Crippen molar-refractivity contribution in [1.82, 2.24) is 0 Å². The molecule has 4 heteroatoms. The zero-order valence-electron chi connectivity index (χ0n) is 7.35. The Kier molecular flexibility index (Phi) is 13.2. The maximum absolute atomic E-state index is 11.1. The van der Waals surface area contributed by atoms with Gasteiger partial charge in [-0.15, -0.1) is 0 Å². The third kappa shape index (κ3) is 9.93. The first-order chi connectivity index (χ1) is 5.31. The van der Waals surface area contributed by atoms with E-state index in [0.717, 1.165) is 19.3 Å². The Morgan fingerprint density at radius 3 is 2.33 bits per heavy atom. The predicted molar refractivity (Wildman–Crippen MR) is 40.6 cm³/mol. The van der Waals surface area contributed by atoms with Crippen LogP contribution in [0.4, 0.5) is 4.53 Å². The SMILES string of the molecule is CCCCCCCC(=O)OF.[Cr+3]. The minimum Gasteiger partial charge on any atom is -0.255 e. The summed E-state index contributed by atoms with van der Waals surface area (Å²) in [5.41, 5.74) is 0. The molecule has 0 aliphatic heterocycles. The number of rotatable bonds is 6. The number of halogens is 1. The molecule has 0 aliphatic carbocycles. The summed E-state index contributed by atoms with van der Waals surface area (Å²) in [5.74, 6) is -0.749. The van der Waals surface area contributed by atoms with Gasteiger partial charge in [-0.25, -0.2) is 4.79 Å². The molecule has 0 rings (SSSR count). The van der Waals surface area contributed by atoms with Gasteiger partial charge in [-0.2, -0.15) is 0 Å². The van der Waals surface area contributed by atoms with Crippen molar-refractivity contribution in [2.75, 3.05) is 0 Å². The van der Waals surface area contributed by atoms with Gasteiger partial charge < -0.3 is 0 Å². The molecule has 0 bridgehead atoms. The molecule has 0 aromatic heterocycles. The van der Waals surface area contributed by atoms with Crippen LogP contribution in [-0.4, -0.2) is 5.97 Å². The molecule has 0 spiro atoms. The van der Waals surface area contributed by atoms with Gasteiger partial charge in [0.2, 0.25) is 0 Å². The Balaban J connectivity index is 0. The molecule has 0 aliphatic rings. The molecule has 0 heterocycles. The quantitative estimate of drug-likeness (QED) is 0.635. The van der Waals surface area contributed by atoms with Crippen LogP contribution in [0.1, 0.15) is 45.4 Å². The van der Waals surface area contributed by atoms with E-state index in [1.165, 1.54) is 12.8 Å². The molecule has 0 unspecified atom stereocenters. The van der Waals surface area contributed by atoms with Crippen LogP contribution in [0.5, 0.6) is 0 Å². The molecule has 0 atom stereocenters. The summed E-state index contributed by atoms with van der Waals surface area (Å²) >= 11 is 0. The molecule has 0 saturated heterocycles. The van der Waals surface area contributed by atoms with Gasteiger partial charge in [-0.3, -0.25) is 4.94 Å². The summed E-state index contributed by atoms with van der Waals surface area (Å²) in [4.78, 5) is 13.3. The van der Waals surface area contributed by atoms with E-state index in [-0.39, 0.29) is 23.8 Å². The van der Waals surface area contributed by atoms with Crippen LogP contribution in [0.3, 0.4) is 0 Å². The van der Waals surface area contributed by atoms with Gasteiger partial charge in [0, 0.05) is 10.9 Å². The topological polar surface area (TPSA) is 26.3 Å². The molecule has 0 N–H and O–H groups in total. The van der Waals surface area contributed by atoms with Crippen LogP contribution in [-0.2, 0) is 27.1 Å². The van der Waals surface area contributed by atoms with E-state index >= 15 is 0 Å². The molecule has 0 aromatic carbocycles. The summed E-state index contributed by atoms with van der Waals surface area (Å²) in [7, 11) is 0. The van der Waals surface area contributed by atoms with Crippen molar-refractivity contribution >= 4 is 5.97 Å². The fourth-order valence-electron chi connectivity index (χ4n) is 0.911. The minimum atomic E-state index is -0.749. The van der Waals surface area contributed by atoms with Crippen LogP contribution in [0, 0.1) is 0 Å². The Hall–Kier alpha value is -0.0675. The second kappa shape index (κ2) is 10.9. The van der Waals surface area contributed by atoms with Crippen molar-refractivity contribution in [3.63, 3.8) is 0 Å². The van der Waals surface area contributed by atoms with E-state index in [9.17, 15) is 9.32 Å². The zero-order chi connectivity index (χ0) is 8.53. The average molecular weight is 214 g/mol. The van der Waals surface area contributed by atoms with Gasteiger partial charge in [-0.05, 0) is 6.42 Å². The van der Waals surface area contributed by atoms with Crippen molar-refractivity contribution in [1.29, 1.82) is 0 Å². The summed E-state index contributed by atoms with van der Waals surface area (Å²) in [6.07, 6.45) is 5.42. The van der Waals surface area contributed by atoms with Gasteiger partial charge in [0.15, 0.2) is 0 Å². The van der Waals surface area contributed by atoms with Gasteiger partial charge in [0.25, 0.3) is 0 Å². The molecule has 12 heavy (non-hydrogen) atoms. The Labute approximate surface area is 83.5 Å². The fourth-order valence-corrected chi connectivity index (χ4v) is 0.911. The number of carbonyl (C=O) groups is 1. The van der Waals surface area contributed by atoms with Crippen molar-refractivity contribution in [2.24, 2.45) is 0 Å². The monoisotopic (exact) mass is 214 g/mol. The van der Waals surface area contributed by atoms with E-state index in [0.29, 0.717) is 0 Å². The van der Waals surface area contributed by atoms with Crippen LogP contribution in [0.2, 0.25) is 0 Å². The molecular formula is C8H15CrFO2+3. The van der Waals surface area contributed by atoms with Gasteiger partial charge in [0.1, 0.15) is 0 Å². The maximum atomic E-state index is 11.1. The number of carbonyl (C=O) groups excluding carboxylic acids is 1. The third-order valence-corrected chi connectivity index (χ3v) is 1.57. The van der Waals surface area contributed by atoms with E-state index in [2.05, 4.69) is 11.9 Å². The minimum absolute atomic E-state index is 0. The van der Waals surface area contributed by atoms with E-state index < -0.39 is 5.97 Å². The largest absolute Gasteiger partial charge is 3.00 e. The van der Waals surface area contributed by atoms with Gasteiger partial charge >= 0.3 is 23.3 Å². The Morgan fingerprint density at radius 1 is 1.25 bits per heavy atom. The number of hydrogen-bond acceptors (Lipinski definition) is 2. The average Bonchev–Trinajstić information content (AvgIpc) is 2.04. The second-order valence-electron chi connectivity index (χ2n) is 2.61. The summed E-state index contributed by atoms with van der Waals surface area (Å²) < 4.78 is 11.1. The number of unbranched alkanes of at least 4 members (excludes halogenated alkanes) is 4. The first kappa shape index (κ1) is 14.5. The first-order valence-corrected chi connectivity index (χ1v) is 4.12. The molecule has 69 valence electrons. The molecule has 1 radical (unpaired) electrons. The molecule has 0 saturated carbocycles. The first-order valence-electron chi connectivity index (χ1n) is 4.12. The van der Waals surface area contributed by atoms with Crippen molar-refractivity contribution in [3.8, 4) is 0 Å². The Bertz CT molecular complexity index is 109. The van der Waals surface area contributed by atoms with Gasteiger partial charge in [-0.1, -0.05) is 32.6 Å². The molecule has 2 nitrogen and oxygen atoms in total. The smallest absolute Gasteiger partial charge is 0.255 e. The van der Waals surface area contributed by atoms with Crippen molar-refractivity contribution < 1.29 is 31.6 Å². The Morgan fingerprint density at radius 2 is 1.83 bits per heavy atom. The normalized spacial score (nSPS) is 8.83. The van der Waals surface area contributed by atoms with Crippen LogP contribution in [0.15, 0.2) is 0 Å². The molecule has 0 fully saturated rings.